The lowest BCUT2D eigenvalue weighted by Gasteiger charge is -2.25. The van der Waals surface area contributed by atoms with Gasteiger partial charge in [-0.2, -0.15) is 4.31 Å². The van der Waals surface area contributed by atoms with Crippen LogP contribution in [-0.2, 0) is 10.0 Å². The number of hydrogen-bond donors (Lipinski definition) is 0. The molecule has 0 saturated carbocycles. The molecule has 0 saturated heterocycles. The van der Waals surface area contributed by atoms with Crippen LogP contribution in [0.5, 0.6) is 0 Å². The predicted octanol–water partition coefficient (Wildman–Crippen LogP) is 1.76. The highest BCUT2D eigenvalue weighted by Crippen LogP contribution is 2.21. The summed E-state index contributed by atoms with van der Waals surface area (Å²) in [5.41, 5.74) is 0. The van der Waals surface area contributed by atoms with Gasteiger partial charge in [-0.1, -0.05) is 13.8 Å². The number of carbonyl (C=O) groups excluding carboxylic acids is 1. The molecule has 1 unspecified atom stereocenters. The molecule has 1 aromatic rings. The molecule has 0 aliphatic carbocycles. The van der Waals surface area contributed by atoms with E-state index in [4.69, 9.17) is 4.42 Å². The third-order valence-corrected chi connectivity index (χ3v) is 4.71. The molecule has 96 valence electrons. The van der Waals surface area contributed by atoms with Crippen LogP contribution in [0, 0.1) is 5.92 Å². The van der Waals surface area contributed by atoms with Gasteiger partial charge in [0.1, 0.15) is 0 Å². The van der Waals surface area contributed by atoms with Crippen molar-refractivity contribution in [1.82, 2.24) is 4.31 Å². The van der Waals surface area contributed by atoms with Crippen LogP contribution in [0.25, 0.3) is 0 Å². The molecule has 0 amide bonds. The lowest BCUT2D eigenvalue weighted by atomic mass is 10.1. The maximum absolute atomic E-state index is 12.1. The third kappa shape index (κ3) is 2.76. The predicted molar refractivity (Wildman–Crippen MR) is 63.3 cm³/mol. The van der Waals surface area contributed by atoms with Gasteiger partial charge >= 0.3 is 0 Å². The van der Waals surface area contributed by atoms with Crippen molar-refractivity contribution in [2.75, 3.05) is 7.05 Å². The number of carbonyl (C=O) groups is 1. The second kappa shape index (κ2) is 5.01. The van der Waals surface area contributed by atoms with Crippen LogP contribution in [0.3, 0.4) is 0 Å². The summed E-state index contributed by atoms with van der Waals surface area (Å²) in [4.78, 5) is 10.5. The van der Waals surface area contributed by atoms with Crippen LogP contribution in [-0.4, -0.2) is 32.1 Å². The summed E-state index contributed by atoms with van der Waals surface area (Å²) in [7, 11) is -2.16. The van der Waals surface area contributed by atoms with Crippen LogP contribution in [0.15, 0.2) is 21.6 Å². The van der Waals surface area contributed by atoms with Gasteiger partial charge in [0.05, 0.1) is 0 Å². The minimum atomic E-state index is -3.66. The van der Waals surface area contributed by atoms with Gasteiger partial charge < -0.3 is 4.42 Å². The second-order valence-corrected chi connectivity index (χ2v) is 6.21. The molecule has 5 nitrogen and oxygen atoms in total. The van der Waals surface area contributed by atoms with Gasteiger partial charge in [0.15, 0.2) is 12.0 Å². The largest absolute Gasteiger partial charge is 0.440 e. The van der Waals surface area contributed by atoms with Gasteiger partial charge in [-0.3, -0.25) is 4.79 Å². The molecule has 0 aliphatic rings. The first-order chi connectivity index (χ1) is 7.80. The molecule has 1 aromatic heterocycles. The quantitative estimate of drug-likeness (QED) is 0.756. The molecular weight excluding hydrogens is 242 g/mol. The first kappa shape index (κ1) is 13.9. The number of sulfonamides is 1. The Kier molecular flexibility index (Phi) is 4.11. The summed E-state index contributed by atoms with van der Waals surface area (Å²) in [6, 6.07) is 2.49. The van der Waals surface area contributed by atoms with Crippen molar-refractivity contribution < 1.29 is 17.6 Å². The van der Waals surface area contributed by atoms with Crippen LogP contribution < -0.4 is 0 Å². The summed E-state index contributed by atoms with van der Waals surface area (Å²) in [6.07, 6.45) is 0.477. The normalized spacial score (nSPS) is 14.2. The van der Waals surface area contributed by atoms with Crippen molar-refractivity contribution in [2.45, 2.75) is 31.9 Å². The van der Waals surface area contributed by atoms with E-state index < -0.39 is 10.0 Å². The number of rotatable bonds is 5. The van der Waals surface area contributed by atoms with E-state index in [1.165, 1.54) is 23.5 Å². The monoisotopic (exact) mass is 259 g/mol. The molecule has 1 rings (SSSR count). The second-order valence-electron chi connectivity index (χ2n) is 4.28. The smallest absolute Gasteiger partial charge is 0.276 e. The molecule has 0 radical (unpaired) electrons. The Bertz CT molecular complexity index is 489. The number of nitrogens with zero attached hydrogens (tertiary/aromatic N) is 1. The highest BCUT2D eigenvalue weighted by Gasteiger charge is 2.29. The number of furan rings is 1. The van der Waals surface area contributed by atoms with E-state index in [-0.39, 0.29) is 22.8 Å². The summed E-state index contributed by atoms with van der Waals surface area (Å²) in [6.45, 7) is 5.71. The highest BCUT2D eigenvalue weighted by atomic mass is 32.2. The van der Waals surface area contributed by atoms with Crippen molar-refractivity contribution >= 4 is 16.3 Å². The Labute approximate surface area is 101 Å². The van der Waals surface area contributed by atoms with Gasteiger partial charge in [0.25, 0.3) is 10.0 Å². The van der Waals surface area contributed by atoms with E-state index in [0.29, 0.717) is 6.29 Å². The van der Waals surface area contributed by atoms with Crippen LogP contribution in [0.2, 0.25) is 0 Å². The van der Waals surface area contributed by atoms with E-state index in [9.17, 15) is 13.2 Å². The lowest BCUT2D eigenvalue weighted by molar-refractivity contribution is 0.109. The highest BCUT2D eigenvalue weighted by molar-refractivity contribution is 7.89. The van der Waals surface area contributed by atoms with Crippen LogP contribution in [0.4, 0.5) is 0 Å². The van der Waals surface area contributed by atoms with Gasteiger partial charge in [0.2, 0.25) is 5.09 Å². The van der Waals surface area contributed by atoms with Crippen LogP contribution >= 0.6 is 0 Å². The average molecular weight is 259 g/mol. The minimum absolute atomic E-state index is 0.00850. The number of aldehydes is 1. The Balaban J connectivity index is 3.06. The van der Waals surface area contributed by atoms with E-state index >= 15 is 0 Å². The zero-order valence-electron chi connectivity index (χ0n) is 10.4. The fourth-order valence-electron chi connectivity index (χ4n) is 1.32. The van der Waals surface area contributed by atoms with Gasteiger partial charge in [-0.05, 0) is 25.0 Å². The topological polar surface area (TPSA) is 67.6 Å². The summed E-state index contributed by atoms with van der Waals surface area (Å²) < 4.78 is 30.5. The van der Waals surface area contributed by atoms with Crippen molar-refractivity contribution in [3.05, 3.63) is 17.9 Å². The summed E-state index contributed by atoms with van der Waals surface area (Å²) in [5.74, 6) is 0.199. The van der Waals surface area contributed by atoms with E-state index in [1.807, 2.05) is 20.8 Å². The fraction of sp³-hybridized carbons (Fsp3) is 0.545. The molecule has 17 heavy (non-hydrogen) atoms. The van der Waals surface area contributed by atoms with E-state index in [2.05, 4.69) is 0 Å². The van der Waals surface area contributed by atoms with Crippen molar-refractivity contribution in [3.8, 4) is 0 Å². The standard InChI is InChI=1S/C11H17NO4S/c1-8(2)9(3)12(4)17(14,15)11-6-5-10(7-13)16-11/h5-9H,1-4H3. The summed E-state index contributed by atoms with van der Waals surface area (Å²) in [5, 5.41) is -0.199. The Morgan fingerprint density at radius 1 is 1.29 bits per heavy atom. The zero-order chi connectivity index (χ0) is 13.2. The molecule has 6 heteroatoms. The van der Waals surface area contributed by atoms with Gasteiger partial charge in [-0.25, -0.2) is 8.42 Å². The molecule has 0 bridgehead atoms. The lowest BCUT2D eigenvalue weighted by Crippen LogP contribution is -2.38. The summed E-state index contributed by atoms with van der Waals surface area (Å²) >= 11 is 0. The SMILES string of the molecule is CC(C)C(C)N(C)S(=O)(=O)c1ccc(C=O)o1. The van der Waals surface area contributed by atoms with Crippen LogP contribution in [0.1, 0.15) is 31.3 Å². The van der Waals surface area contributed by atoms with Gasteiger partial charge in [0, 0.05) is 13.1 Å². The first-order valence-electron chi connectivity index (χ1n) is 5.33. The van der Waals surface area contributed by atoms with Gasteiger partial charge in [-0.15, -0.1) is 0 Å². The van der Waals surface area contributed by atoms with Crippen molar-refractivity contribution in [3.63, 3.8) is 0 Å². The molecule has 1 atom stereocenters. The first-order valence-corrected chi connectivity index (χ1v) is 6.77. The number of hydrogen-bond acceptors (Lipinski definition) is 4. The van der Waals surface area contributed by atoms with Crippen molar-refractivity contribution in [1.29, 1.82) is 0 Å². The maximum atomic E-state index is 12.1. The maximum Gasteiger partial charge on any atom is 0.276 e. The molecule has 0 spiro atoms. The third-order valence-electron chi connectivity index (χ3n) is 2.89. The molecule has 0 N–H and O–H groups in total. The van der Waals surface area contributed by atoms with E-state index in [1.54, 1.807) is 0 Å². The average Bonchev–Trinajstić information content (AvgIpc) is 2.75. The Morgan fingerprint density at radius 3 is 2.29 bits per heavy atom. The molecule has 0 fully saturated rings. The molecule has 0 aliphatic heterocycles. The fourth-order valence-corrected chi connectivity index (χ4v) is 2.72. The Hall–Kier alpha value is -1.14. The molecule has 1 heterocycles. The van der Waals surface area contributed by atoms with Crippen molar-refractivity contribution in [2.24, 2.45) is 5.92 Å². The zero-order valence-corrected chi connectivity index (χ0v) is 11.2. The molecular formula is C11H17NO4S. The minimum Gasteiger partial charge on any atom is -0.440 e. The van der Waals surface area contributed by atoms with E-state index in [0.717, 1.165) is 0 Å². The Morgan fingerprint density at radius 2 is 1.88 bits per heavy atom. The molecule has 0 aromatic carbocycles.